The maximum atomic E-state index is 13.3. The Morgan fingerprint density at radius 1 is 1.11 bits per heavy atom. The van der Waals surface area contributed by atoms with E-state index in [1.807, 2.05) is 35.7 Å². The monoisotopic (exact) mass is 557 g/mol. The van der Waals surface area contributed by atoms with Crippen LogP contribution >= 0.6 is 22.9 Å². The minimum absolute atomic E-state index is 0.216. The van der Waals surface area contributed by atoms with Gasteiger partial charge in [-0.25, -0.2) is 12.7 Å². The molecule has 4 aromatic rings. The van der Waals surface area contributed by atoms with E-state index in [1.165, 1.54) is 15.6 Å². The number of methoxy groups -OCH3 is 1. The van der Waals surface area contributed by atoms with E-state index in [4.69, 9.17) is 22.1 Å². The minimum Gasteiger partial charge on any atom is -0.497 e. The number of nitrogens with zero attached hydrogens (tertiary/aromatic N) is 1. The van der Waals surface area contributed by atoms with Crippen molar-refractivity contribution in [2.75, 3.05) is 25.2 Å². The van der Waals surface area contributed by atoms with Crippen LogP contribution in [0, 0.1) is 0 Å². The molecule has 0 saturated heterocycles. The number of halogens is 1. The Hall–Kier alpha value is -2.95. The van der Waals surface area contributed by atoms with E-state index in [-0.39, 0.29) is 18.2 Å². The van der Waals surface area contributed by atoms with Crippen LogP contribution in [0.3, 0.4) is 0 Å². The normalized spacial score (nSPS) is 13.5. The average Bonchev–Trinajstić information content (AvgIpc) is 3.28. The SMILES string of the molecule is COc1ccc(CN(C)S(=O)(=O)C[C@](C)(N)c2csc3ccc(NC(=O)c4ccc(Cl)cc4)cc23)cc1. The molecule has 0 aliphatic carbocycles. The lowest BCUT2D eigenvalue weighted by atomic mass is 9.95. The number of amides is 1. The predicted octanol–water partition coefficient (Wildman–Crippen LogP) is 5.45. The van der Waals surface area contributed by atoms with Gasteiger partial charge in [0.25, 0.3) is 5.91 Å². The number of thiophene rings is 1. The standard InChI is InChI=1S/C27H28ClN3O4S2/c1-27(29,17-37(33,34)31(2)15-18-4-11-22(35-3)12-5-18)24-16-36-25-13-10-21(14-23(24)25)30-26(32)19-6-8-20(28)9-7-19/h4-14,16H,15,17,29H2,1-3H3,(H,30,32)/t27-/m0/s1. The van der Waals surface area contributed by atoms with Crippen molar-refractivity contribution in [2.45, 2.75) is 19.0 Å². The first-order valence-electron chi connectivity index (χ1n) is 11.4. The lowest BCUT2D eigenvalue weighted by Crippen LogP contribution is -2.44. The molecule has 4 rings (SSSR count). The van der Waals surface area contributed by atoms with Crippen LogP contribution in [0.2, 0.25) is 5.02 Å². The summed E-state index contributed by atoms with van der Waals surface area (Å²) in [5.41, 5.74) is 8.09. The fraction of sp³-hybridized carbons (Fsp3) is 0.222. The molecule has 0 fully saturated rings. The summed E-state index contributed by atoms with van der Waals surface area (Å²) < 4.78 is 33.9. The Labute approximate surface area is 225 Å². The number of anilines is 1. The van der Waals surface area contributed by atoms with Crippen molar-refractivity contribution < 1.29 is 17.9 Å². The molecule has 3 N–H and O–H groups in total. The summed E-state index contributed by atoms with van der Waals surface area (Å²) in [5, 5.41) is 6.12. The van der Waals surface area contributed by atoms with Crippen molar-refractivity contribution >= 4 is 54.6 Å². The molecule has 1 aromatic heterocycles. The number of nitrogens with one attached hydrogen (secondary N) is 1. The van der Waals surface area contributed by atoms with E-state index < -0.39 is 15.6 Å². The molecule has 1 amide bonds. The molecule has 0 unspecified atom stereocenters. The molecule has 1 heterocycles. The Morgan fingerprint density at radius 3 is 2.43 bits per heavy atom. The third-order valence-corrected chi connectivity index (χ3v) is 9.33. The fourth-order valence-corrected chi connectivity index (χ4v) is 6.70. The Morgan fingerprint density at radius 2 is 1.78 bits per heavy atom. The number of benzene rings is 3. The molecule has 10 heteroatoms. The Kier molecular flexibility index (Phi) is 7.91. The zero-order valence-electron chi connectivity index (χ0n) is 20.7. The summed E-state index contributed by atoms with van der Waals surface area (Å²) in [6.07, 6.45) is 0. The summed E-state index contributed by atoms with van der Waals surface area (Å²) in [4.78, 5) is 12.7. The quantitative estimate of drug-likeness (QED) is 0.285. The minimum atomic E-state index is -3.69. The predicted molar refractivity (Wildman–Crippen MR) is 151 cm³/mol. The van der Waals surface area contributed by atoms with Crippen molar-refractivity contribution in [1.29, 1.82) is 0 Å². The number of carbonyl (C=O) groups is 1. The van der Waals surface area contributed by atoms with Gasteiger partial charge in [-0.05, 0) is 83.4 Å². The molecule has 0 radical (unpaired) electrons. The molecule has 0 aliphatic rings. The third-order valence-electron chi connectivity index (χ3n) is 6.07. The van der Waals surface area contributed by atoms with Crippen LogP contribution in [0.5, 0.6) is 5.75 Å². The average molecular weight is 558 g/mol. The van der Waals surface area contributed by atoms with Gasteiger partial charge in [0.05, 0.1) is 18.4 Å². The fourth-order valence-electron chi connectivity index (χ4n) is 4.01. The van der Waals surface area contributed by atoms with E-state index in [1.54, 1.807) is 57.5 Å². The van der Waals surface area contributed by atoms with Gasteiger partial charge in [0.1, 0.15) is 5.75 Å². The highest BCUT2D eigenvalue weighted by atomic mass is 35.5. The van der Waals surface area contributed by atoms with E-state index in [2.05, 4.69) is 5.32 Å². The number of sulfonamides is 1. The lowest BCUT2D eigenvalue weighted by Gasteiger charge is -2.27. The smallest absolute Gasteiger partial charge is 0.255 e. The summed E-state index contributed by atoms with van der Waals surface area (Å²) in [5.74, 6) is 0.155. The van der Waals surface area contributed by atoms with Crippen molar-refractivity contribution in [1.82, 2.24) is 4.31 Å². The Bertz CT molecular complexity index is 1520. The molecule has 7 nitrogen and oxygen atoms in total. The van der Waals surface area contributed by atoms with Gasteiger partial charge in [0.2, 0.25) is 10.0 Å². The molecule has 0 saturated carbocycles. The van der Waals surface area contributed by atoms with Gasteiger partial charge in [-0.3, -0.25) is 4.79 Å². The van der Waals surface area contributed by atoms with Crippen molar-refractivity contribution in [2.24, 2.45) is 5.73 Å². The molecule has 1 atom stereocenters. The van der Waals surface area contributed by atoms with Crippen LogP contribution in [0.15, 0.2) is 72.1 Å². The topological polar surface area (TPSA) is 102 Å². The zero-order chi connectivity index (χ0) is 26.8. The van der Waals surface area contributed by atoms with Crippen LogP contribution in [0.1, 0.15) is 28.4 Å². The summed E-state index contributed by atoms with van der Waals surface area (Å²) in [6.45, 7) is 1.93. The molecule has 0 aliphatic heterocycles. The number of hydrogen-bond acceptors (Lipinski definition) is 6. The van der Waals surface area contributed by atoms with E-state index >= 15 is 0 Å². The largest absolute Gasteiger partial charge is 0.497 e. The lowest BCUT2D eigenvalue weighted by molar-refractivity contribution is 0.102. The number of hydrogen-bond donors (Lipinski definition) is 2. The van der Waals surface area contributed by atoms with E-state index in [0.29, 0.717) is 27.6 Å². The first-order chi connectivity index (χ1) is 17.5. The zero-order valence-corrected chi connectivity index (χ0v) is 23.1. The number of ether oxygens (including phenoxy) is 1. The van der Waals surface area contributed by atoms with Crippen molar-refractivity contribution in [3.8, 4) is 5.75 Å². The number of fused-ring (bicyclic) bond motifs is 1. The molecular formula is C27H28ClN3O4S2. The molecular weight excluding hydrogens is 530 g/mol. The second kappa shape index (κ2) is 10.8. The number of carbonyl (C=O) groups excluding carboxylic acids is 1. The van der Waals surface area contributed by atoms with Crippen LogP contribution < -0.4 is 15.8 Å². The third kappa shape index (κ3) is 6.31. The highest BCUT2D eigenvalue weighted by Gasteiger charge is 2.33. The summed E-state index contributed by atoms with van der Waals surface area (Å²) in [7, 11) is -0.565. The van der Waals surface area contributed by atoms with Gasteiger partial charge in [-0.2, -0.15) is 0 Å². The van der Waals surface area contributed by atoms with Gasteiger partial charge >= 0.3 is 0 Å². The summed E-state index contributed by atoms with van der Waals surface area (Å²) in [6, 6.07) is 19.4. The molecule has 194 valence electrons. The van der Waals surface area contributed by atoms with Gasteiger partial charge < -0.3 is 15.8 Å². The molecule has 0 spiro atoms. The summed E-state index contributed by atoms with van der Waals surface area (Å²) >= 11 is 7.39. The van der Waals surface area contributed by atoms with Gasteiger partial charge in [0, 0.05) is 34.6 Å². The van der Waals surface area contributed by atoms with E-state index in [9.17, 15) is 13.2 Å². The van der Waals surface area contributed by atoms with Gasteiger partial charge in [-0.15, -0.1) is 11.3 Å². The number of nitrogens with two attached hydrogens (primary N) is 1. The Balaban J connectivity index is 1.53. The first-order valence-corrected chi connectivity index (χ1v) is 14.3. The van der Waals surface area contributed by atoms with Crippen LogP contribution in [-0.2, 0) is 22.1 Å². The molecule has 3 aromatic carbocycles. The van der Waals surface area contributed by atoms with E-state index in [0.717, 1.165) is 15.6 Å². The highest BCUT2D eigenvalue weighted by molar-refractivity contribution is 7.89. The van der Waals surface area contributed by atoms with Crippen LogP contribution in [0.25, 0.3) is 10.1 Å². The second-order valence-corrected chi connectivity index (χ2v) is 12.5. The highest BCUT2D eigenvalue weighted by Crippen LogP contribution is 2.35. The van der Waals surface area contributed by atoms with Crippen molar-refractivity contribution in [3.05, 3.63) is 93.8 Å². The van der Waals surface area contributed by atoms with Gasteiger partial charge in [-0.1, -0.05) is 23.7 Å². The first kappa shape index (κ1) is 27.1. The molecule has 0 bridgehead atoms. The van der Waals surface area contributed by atoms with Crippen LogP contribution in [-0.4, -0.2) is 38.5 Å². The number of rotatable bonds is 9. The maximum Gasteiger partial charge on any atom is 0.255 e. The maximum absolute atomic E-state index is 13.3. The van der Waals surface area contributed by atoms with Gasteiger partial charge in [0.15, 0.2) is 0 Å². The van der Waals surface area contributed by atoms with Crippen molar-refractivity contribution in [3.63, 3.8) is 0 Å². The molecule has 37 heavy (non-hydrogen) atoms. The second-order valence-electron chi connectivity index (χ2n) is 9.10. The van der Waals surface area contributed by atoms with Crippen LogP contribution in [0.4, 0.5) is 5.69 Å².